The van der Waals surface area contributed by atoms with Crippen molar-refractivity contribution in [1.82, 2.24) is 0 Å². The van der Waals surface area contributed by atoms with Crippen LogP contribution in [-0.4, -0.2) is 20.9 Å². The lowest BCUT2D eigenvalue weighted by Gasteiger charge is -2.10. The topological polar surface area (TPSA) is 98.5 Å². The molecule has 0 spiro atoms. The summed E-state index contributed by atoms with van der Waals surface area (Å²) in [4.78, 5) is 10.6. The van der Waals surface area contributed by atoms with Crippen molar-refractivity contribution in [3.05, 3.63) is 52.5 Å². The second-order valence-electron chi connectivity index (χ2n) is 4.46. The van der Waals surface area contributed by atoms with E-state index in [9.17, 15) is 13.2 Å². The molecule has 0 radical (unpaired) electrons. The van der Waals surface area contributed by atoms with Gasteiger partial charge in [0.25, 0.3) is 15.9 Å². The van der Waals surface area contributed by atoms with Gasteiger partial charge in [-0.15, -0.1) is 0 Å². The van der Waals surface area contributed by atoms with Gasteiger partial charge < -0.3 is 10.5 Å². The first-order valence-corrected chi connectivity index (χ1v) is 8.51. The number of halogens is 2. The SMILES string of the molecule is NC(=O)COc1ccc(S(=O)(=O)Nc2ccc(Cl)cc2Cl)cc1. The number of sulfonamides is 1. The fourth-order valence-corrected chi connectivity index (χ4v) is 3.24. The summed E-state index contributed by atoms with van der Waals surface area (Å²) in [5, 5.41) is 0.580. The molecular formula is C14H12Cl2N2O4S. The molecule has 2 aromatic rings. The number of benzene rings is 2. The van der Waals surface area contributed by atoms with Gasteiger partial charge in [-0.25, -0.2) is 8.42 Å². The Hall–Kier alpha value is -1.96. The minimum absolute atomic E-state index is 0.00921. The number of ether oxygens (including phenoxy) is 1. The fraction of sp³-hybridized carbons (Fsp3) is 0.0714. The highest BCUT2D eigenvalue weighted by Gasteiger charge is 2.16. The molecule has 0 aliphatic heterocycles. The van der Waals surface area contributed by atoms with Gasteiger partial charge >= 0.3 is 0 Å². The quantitative estimate of drug-likeness (QED) is 0.811. The third-order valence-corrected chi connectivity index (χ3v) is 4.62. The van der Waals surface area contributed by atoms with E-state index < -0.39 is 15.9 Å². The highest BCUT2D eigenvalue weighted by atomic mass is 35.5. The second-order valence-corrected chi connectivity index (χ2v) is 6.98. The standard InChI is InChI=1S/C14H12Cl2N2O4S/c15-9-1-6-13(12(16)7-9)18-23(20,21)11-4-2-10(3-5-11)22-8-14(17)19/h1-7,18H,8H2,(H2,17,19). The number of anilines is 1. The van der Waals surface area contributed by atoms with E-state index in [0.717, 1.165) is 0 Å². The van der Waals surface area contributed by atoms with Crippen molar-refractivity contribution in [1.29, 1.82) is 0 Å². The van der Waals surface area contributed by atoms with Gasteiger partial charge in [0, 0.05) is 5.02 Å². The molecule has 2 rings (SSSR count). The van der Waals surface area contributed by atoms with Crippen molar-refractivity contribution in [3.63, 3.8) is 0 Å². The summed E-state index contributed by atoms with van der Waals surface area (Å²) in [6.07, 6.45) is 0. The van der Waals surface area contributed by atoms with Gasteiger partial charge in [-0.05, 0) is 42.5 Å². The predicted octanol–water partition coefficient (Wildman–Crippen LogP) is 2.66. The minimum atomic E-state index is -3.82. The average Bonchev–Trinajstić information content (AvgIpc) is 2.48. The van der Waals surface area contributed by atoms with Crippen LogP contribution in [0.2, 0.25) is 10.0 Å². The highest BCUT2D eigenvalue weighted by Crippen LogP contribution is 2.28. The van der Waals surface area contributed by atoms with E-state index in [1.54, 1.807) is 0 Å². The number of carbonyl (C=O) groups excluding carboxylic acids is 1. The first-order chi connectivity index (χ1) is 10.8. The number of nitrogens with one attached hydrogen (secondary N) is 1. The number of hydrogen-bond acceptors (Lipinski definition) is 4. The van der Waals surface area contributed by atoms with E-state index in [4.69, 9.17) is 33.7 Å². The maximum atomic E-state index is 12.3. The highest BCUT2D eigenvalue weighted by molar-refractivity contribution is 7.92. The summed E-state index contributed by atoms with van der Waals surface area (Å²) >= 11 is 11.7. The summed E-state index contributed by atoms with van der Waals surface area (Å²) in [5.41, 5.74) is 5.17. The molecule has 3 N–H and O–H groups in total. The molecule has 0 fully saturated rings. The van der Waals surface area contributed by atoms with E-state index in [-0.39, 0.29) is 22.2 Å². The van der Waals surface area contributed by atoms with E-state index in [0.29, 0.717) is 10.8 Å². The zero-order chi connectivity index (χ0) is 17.0. The van der Waals surface area contributed by atoms with Gasteiger partial charge in [0.2, 0.25) is 0 Å². The monoisotopic (exact) mass is 374 g/mol. The Morgan fingerprint density at radius 1 is 1.13 bits per heavy atom. The van der Waals surface area contributed by atoms with Crippen LogP contribution < -0.4 is 15.2 Å². The molecule has 23 heavy (non-hydrogen) atoms. The van der Waals surface area contributed by atoms with Crippen LogP contribution in [0.5, 0.6) is 5.75 Å². The van der Waals surface area contributed by atoms with Gasteiger partial charge in [0.05, 0.1) is 15.6 Å². The second kappa shape index (κ2) is 7.08. The molecule has 1 amide bonds. The normalized spacial score (nSPS) is 11.0. The molecule has 0 atom stereocenters. The minimum Gasteiger partial charge on any atom is -0.484 e. The Labute approximate surface area is 143 Å². The van der Waals surface area contributed by atoms with Gasteiger partial charge in [0.1, 0.15) is 5.75 Å². The van der Waals surface area contributed by atoms with Gasteiger partial charge in [-0.2, -0.15) is 0 Å². The van der Waals surface area contributed by atoms with Crippen molar-refractivity contribution in [2.24, 2.45) is 5.73 Å². The van der Waals surface area contributed by atoms with Crippen molar-refractivity contribution >= 4 is 44.8 Å². The first-order valence-electron chi connectivity index (χ1n) is 6.27. The lowest BCUT2D eigenvalue weighted by atomic mass is 10.3. The summed E-state index contributed by atoms with van der Waals surface area (Å²) in [6.45, 7) is -0.287. The van der Waals surface area contributed by atoms with E-state index in [1.165, 1.54) is 42.5 Å². The van der Waals surface area contributed by atoms with Crippen LogP contribution in [0.1, 0.15) is 0 Å². The molecule has 0 bridgehead atoms. The Balaban J connectivity index is 2.17. The van der Waals surface area contributed by atoms with E-state index in [2.05, 4.69) is 4.72 Å². The van der Waals surface area contributed by atoms with Crippen LogP contribution >= 0.6 is 23.2 Å². The number of rotatable bonds is 6. The molecule has 0 unspecified atom stereocenters. The summed E-state index contributed by atoms with van der Waals surface area (Å²) in [7, 11) is -3.82. The molecule has 122 valence electrons. The molecule has 6 nitrogen and oxygen atoms in total. The Morgan fingerprint density at radius 3 is 2.35 bits per heavy atom. The van der Waals surface area contributed by atoms with Crippen LogP contribution in [-0.2, 0) is 14.8 Å². The number of nitrogens with two attached hydrogens (primary N) is 1. The van der Waals surface area contributed by atoms with Crippen molar-refractivity contribution in [3.8, 4) is 5.75 Å². The Morgan fingerprint density at radius 2 is 1.78 bits per heavy atom. The van der Waals surface area contributed by atoms with Crippen LogP contribution in [0.25, 0.3) is 0 Å². The maximum Gasteiger partial charge on any atom is 0.261 e. The molecule has 0 saturated carbocycles. The largest absolute Gasteiger partial charge is 0.484 e. The van der Waals surface area contributed by atoms with Crippen LogP contribution in [0.4, 0.5) is 5.69 Å². The fourth-order valence-electron chi connectivity index (χ4n) is 1.65. The summed E-state index contributed by atoms with van der Waals surface area (Å²) in [6, 6.07) is 9.92. The maximum absolute atomic E-state index is 12.3. The van der Waals surface area contributed by atoms with Gasteiger partial charge in [-0.3, -0.25) is 9.52 Å². The Kier molecular flexibility index (Phi) is 5.35. The van der Waals surface area contributed by atoms with Crippen LogP contribution in [0.15, 0.2) is 47.4 Å². The van der Waals surface area contributed by atoms with Crippen LogP contribution in [0, 0.1) is 0 Å². The van der Waals surface area contributed by atoms with Gasteiger partial charge in [0.15, 0.2) is 6.61 Å². The predicted molar refractivity (Wildman–Crippen MR) is 88.4 cm³/mol. The molecule has 9 heteroatoms. The van der Waals surface area contributed by atoms with E-state index >= 15 is 0 Å². The number of amides is 1. The number of primary amides is 1. The van der Waals surface area contributed by atoms with Crippen molar-refractivity contribution in [2.75, 3.05) is 11.3 Å². The zero-order valence-electron chi connectivity index (χ0n) is 11.6. The molecule has 0 aliphatic rings. The molecule has 0 aliphatic carbocycles. The number of carbonyl (C=O) groups is 1. The summed E-state index contributed by atoms with van der Waals surface area (Å²) in [5.74, 6) is -0.298. The molecular weight excluding hydrogens is 363 g/mol. The van der Waals surface area contributed by atoms with E-state index in [1.807, 2.05) is 0 Å². The molecule has 0 saturated heterocycles. The van der Waals surface area contributed by atoms with Crippen molar-refractivity contribution in [2.45, 2.75) is 4.90 Å². The average molecular weight is 375 g/mol. The van der Waals surface area contributed by atoms with Gasteiger partial charge in [-0.1, -0.05) is 23.2 Å². The molecule has 0 aromatic heterocycles. The first kappa shape index (κ1) is 17.4. The lowest BCUT2D eigenvalue weighted by molar-refractivity contribution is -0.119. The lowest BCUT2D eigenvalue weighted by Crippen LogP contribution is -2.20. The zero-order valence-corrected chi connectivity index (χ0v) is 14.0. The number of hydrogen-bond donors (Lipinski definition) is 2. The van der Waals surface area contributed by atoms with Crippen LogP contribution in [0.3, 0.4) is 0 Å². The summed E-state index contributed by atoms with van der Waals surface area (Å²) < 4.78 is 32.0. The Bertz CT molecular complexity index is 823. The molecule has 2 aromatic carbocycles. The third-order valence-electron chi connectivity index (χ3n) is 2.69. The molecule has 0 heterocycles. The third kappa shape index (κ3) is 4.75. The smallest absolute Gasteiger partial charge is 0.261 e. The van der Waals surface area contributed by atoms with Crippen molar-refractivity contribution < 1.29 is 17.9 Å².